The molecule has 0 aromatic heterocycles. The zero-order valence-electron chi connectivity index (χ0n) is 5.94. The molecular formula is C8H11U-. The summed E-state index contributed by atoms with van der Waals surface area (Å²) in [5.41, 5.74) is 1.44. The van der Waals surface area contributed by atoms with Crippen LogP contribution in [0, 0.1) is 43.1 Å². The van der Waals surface area contributed by atoms with Crippen molar-refractivity contribution in [3.63, 3.8) is 0 Å². The number of hydrogen-bond acceptors (Lipinski definition) is 0. The normalized spacial score (nSPS) is 24.7. The molecule has 0 bridgehead atoms. The van der Waals surface area contributed by atoms with Gasteiger partial charge in [0, 0.05) is 31.1 Å². The maximum absolute atomic E-state index is 3.10. The van der Waals surface area contributed by atoms with Crippen molar-refractivity contribution in [2.75, 3.05) is 0 Å². The Balaban J connectivity index is 0.000000640. The molecule has 1 rings (SSSR count). The molecule has 1 aliphatic rings. The van der Waals surface area contributed by atoms with Crippen molar-refractivity contribution >= 4 is 0 Å². The van der Waals surface area contributed by atoms with Crippen molar-refractivity contribution in [3.8, 4) is 0 Å². The summed E-state index contributed by atoms with van der Waals surface area (Å²) >= 11 is 0. The first kappa shape index (κ1) is 9.53. The Morgan fingerprint density at radius 1 is 1.67 bits per heavy atom. The molecule has 0 saturated heterocycles. The van der Waals surface area contributed by atoms with Gasteiger partial charge in [0.05, 0.1) is 0 Å². The van der Waals surface area contributed by atoms with E-state index in [0.29, 0.717) is 5.92 Å². The van der Waals surface area contributed by atoms with E-state index >= 15 is 0 Å². The van der Waals surface area contributed by atoms with E-state index in [1.807, 2.05) is 0 Å². The summed E-state index contributed by atoms with van der Waals surface area (Å²) in [6.45, 7) is 4.36. The summed E-state index contributed by atoms with van der Waals surface area (Å²) in [4.78, 5) is 0. The molecule has 0 N–H and O–H groups in total. The molecule has 1 heteroatoms. The van der Waals surface area contributed by atoms with E-state index in [1.54, 1.807) is 0 Å². The molecule has 0 aromatic rings. The summed E-state index contributed by atoms with van der Waals surface area (Å²) in [6, 6.07) is 0. The van der Waals surface area contributed by atoms with Gasteiger partial charge in [0.15, 0.2) is 0 Å². The third-order valence-corrected chi connectivity index (χ3v) is 1.35. The van der Waals surface area contributed by atoms with Crippen molar-refractivity contribution in [1.82, 2.24) is 0 Å². The van der Waals surface area contributed by atoms with Gasteiger partial charge in [-0.3, -0.25) is 6.08 Å². The van der Waals surface area contributed by atoms with Crippen LogP contribution >= 0.6 is 0 Å². The van der Waals surface area contributed by atoms with Crippen LogP contribution in [0.3, 0.4) is 0 Å². The largest absolute Gasteiger partial charge is 0.255 e. The van der Waals surface area contributed by atoms with Gasteiger partial charge in [-0.05, 0) is 0 Å². The van der Waals surface area contributed by atoms with Gasteiger partial charge < -0.3 is 0 Å². The van der Waals surface area contributed by atoms with Crippen LogP contribution in [0.15, 0.2) is 17.7 Å². The van der Waals surface area contributed by atoms with Gasteiger partial charge in [0.2, 0.25) is 0 Å². The molecule has 0 amide bonds. The van der Waals surface area contributed by atoms with Gasteiger partial charge in [-0.1, -0.05) is 19.3 Å². The van der Waals surface area contributed by atoms with Gasteiger partial charge in [0.25, 0.3) is 0 Å². The first-order valence-corrected chi connectivity index (χ1v) is 3.04. The predicted molar refractivity (Wildman–Crippen MR) is 35.4 cm³/mol. The summed E-state index contributed by atoms with van der Waals surface area (Å²) < 4.78 is 0. The molecular weight excluding hydrogens is 334 g/mol. The molecule has 0 aliphatic heterocycles. The molecule has 9 heavy (non-hydrogen) atoms. The molecule has 1 aliphatic carbocycles. The molecule has 1 atom stereocenters. The predicted octanol–water partition coefficient (Wildman–Crippen LogP) is 2.33. The van der Waals surface area contributed by atoms with Crippen LogP contribution in [0.2, 0.25) is 0 Å². The molecule has 0 fully saturated rings. The van der Waals surface area contributed by atoms with Crippen molar-refractivity contribution in [1.29, 1.82) is 0 Å². The first-order valence-electron chi connectivity index (χ1n) is 3.04. The Morgan fingerprint density at radius 2 is 2.33 bits per heavy atom. The summed E-state index contributed by atoms with van der Waals surface area (Å²) in [5, 5.41) is 0. The topological polar surface area (TPSA) is 0 Å². The monoisotopic (exact) mass is 345 g/mol. The number of allylic oxidation sites excluding steroid dienone is 4. The molecule has 0 heterocycles. The average Bonchev–Trinajstić information content (AvgIpc) is 1.64. The van der Waals surface area contributed by atoms with Crippen molar-refractivity contribution in [2.24, 2.45) is 5.92 Å². The van der Waals surface area contributed by atoms with Gasteiger partial charge in [-0.2, -0.15) is 6.08 Å². The van der Waals surface area contributed by atoms with E-state index in [9.17, 15) is 0 Å². The Morgan fingerprint density at radius 3 is 2.67 bits per heavy atom. The van der Waals surface area contributed by atoms with Crippen LogP contribution in [0.5, 0.6) is 0 Å². The Hall–Kier alpha value is 0.532. The third kappa shape index (κ3) is 3.28. The van der Waals surface area contributed by atoms with Crippen LogP contribution in [-0.4, -0.2) is 0 Å². The molecule has 0 nitrogen and oxygen atoms in total. The summed E-state index contributed by atoms with van der Waals surface area (Å²) in [6.07, 6.45) is 8.49. The minimum Gasteiger partial charge on any atom is -0.255 e. The SMILES string of the molecule is CC1=C[C-]=C[C@@H](C)C1.[U]. The number of hydrogen-bond donors (Lipinski definition) is 0. The summed E-state index contributed by atoms with van der Waals surface area (Å²) in [5.74, 6) is 0.708. The van der Waals surface area contributed by atoms with E-state index in [2.05, 4.69) is 32.1 Å². The Kier molecular flexibility index (Phi) is 4.62. The average molecular weight is 345 g/mol. The van der Waals surface area contributed by atoms with Gasteiger partial charge in [-0.15, -0.1) is 6.92 Å². The fourth-order valence-corrected chi connectivity index (χ4v) is 0.980. The first-order chi connectivity index (χ1) is 3.79. The minimum absolute atomic E-state index is 0. The fourth-order valence-electron chi connectivity index (χ4n) is 0.980. The smallest absolute Gasteiger partial charge is 0 e. The summed E-state index contributed by atoms with van der Waals surface area (Å²) in [7, 11) is 0. The molecule has 0 saturated carbocycles. The van der Waals surface area contributed by atoms with Crippen LogP contribution in [0.4, 0.5) is 0 Å². The quantitative estimate of drug-likeness (QED) is 0.592. The molecule has 0 radical (unpaired) electrons. The van der Waals surface area contributed by atoms with Crippen LogP contribution in [-0.2, 0) is 0 Å². The van der Waals surface area contributed by atoms with Gasteiger partial charge >= 0.3 is 0 Å². The van der Waals surface area contributed by atoms with E-state index in [0.717, 1.165) is 0 Å². The third-order valence-electron chi connectivity index (χ3n) is 1.35. The Labute approximate surface area is 80.8 Å². The Bertz CT molecular complexity index is 134. The second kappa shape index (κ2) is 4.36. The second-order valence-electron chi connectivity index (χ2n) is 2.51. The minimum atomic E-state index is 0. The van der Waals surface area contributed by atoms with Crippen molar-refractivity contribution in [3.05, 3.63) is 23.8 Å². The molecule has 48 valence electrons. The van der Waals surface area contributed by atoms with Crippen molar-refractivity contribution < 1.29 is 31.1 Å². The maximum atomic E-state index is 3.10. The fraction of sp³-hybridized carbons (Fsp3) is 0.500. The van der Waals surface area contributed by atoms with Crippen LogP contribution in [0.1, 0.15) is 20.3 Å². The second-order valence-corrected chi connectivity index (χ2v) is 2.51. The maximum Gasteiger partial charge on any atom is 0 e. The van der Waals surface area contributed by atoms with E-state index in [4.69, 9.17) is 0 Å². The van der Waals surface area contributed by atoms with Gasteiger partial charge in [0.1, 0.15) is 0 Å². The van der Waals surface area contributed by atoms with E-state index < -0.39 is 0 Å². The van der Waals surface area contributed by atoms with E-state index in [1.165, 1.54) is 12.0 Å². The van der Waals surface area contributed by atoms with E-state index in [-0.39, 0.29) is 31.1 Å². The van der Waals surface area contributed by atoms with Crippen molar-refractivity contribution in [2.45, 2.75) is 20.3 Å². The molecule has 0 spiro atoms. The molecule has 0 aromatic carbocycles. The standard InChI is InChI=1S/C8H11.U/c1-7-4-3-5-8(2)6-7;/h4-5,7H,6H2,1-2H3;/q-1;/t7-;/m1./s1. The zero-order valence-corrected chi connectivity index (χ0v) is 10.1. The van der Waals surface area contributed by atoms with Crippen LogP contribution in [0.25, 0.3) is 0 Å². The number of rotatable bonds is 0. The zero-order chi connectivity index (χ0) is 5.98. The van der Waals surface area contributed by atoms with Crippen LogP contribution < -0.4 is 0 Å². The molecule has 0 unspecified atom stereocenters. The van der Waals surface area contributed by atoms with Gasteiger partial charge in [-0.25, -0.2) is 11.6 Å².